The number of benzene rings is 1. The Balaban J connectivity index is 3.26. The van der Waals surface area contributed by atoms with Crippen molar-refractivity contribution in [3.05, 3.63) is 18.2 Å². The molecule has 0 saturated heterocycles. The van der Waals surface area contributed by atoms with Gasteiger partial charge >= 0.3 is 0 Å². The summed E-state index contributed by atoms with van der Waals surface area (Å²) in [6.07, 6.45) is 1.90. The fourth-order valence-corrected chi connectivity index (χ4v) is 3.76. The molecular weight excluding hydrogens is 312 g/mol. The highest BCUT2D eigenvalue weighted by Crippen LogP contribution is 2.24. The van der Waals surface area contributed by atoms with Gasteiger partial charge in [0, 0.05) is 19.8 Å². The normalized spacial score (nSPS) is 13.9. The van der Waals surface area contributed by atoms with Crippen molar-refractivity contribution >= 4 is 25.5 Å². The molecule has 1 rings (SSSR count). The summed E-state index contributed by atoms with van der Waals surface area (Å²) in [5.74, 6) is 0.205. The molecule has 0 radical (unpaired) electrons. The van der Waals surface area contributed by atoms with Crippen LogP contribution in [-0.4, -0.2) is 36.7 Å². The van der Waals surface area contributed by atoms with E-state index in [0.717, 1.165) is 12.7 Å². The maximum atomic E-state index is 12.4. The average molecular weight is 334 g/mol. The molecule has 0 aliphatic heterocycles. The van der Waals surface area contributed by atoms with Gasteiger partial charge in [-0.3, -0.25) is 0 Å². The van der Waals surface area contributed by atoms with Crippen molar-refractivity contribution in [2.45, 2.75) is 30.1 Å². The molecule has 0 aliphatic carbocycles. The van der Waals surface area contributed by atoms with Crippen LogP contribution in [0.4, 0.5) is 5.69 Å². The Hall–Kier alpha value is -1.12. The van der Waals surface area contributed by atoms with E-state index in [2.05, 4.69) is 10.0 Å². The van der Waals surface area contributed by atoms with Gasteiger partial charge in [0.05, 0.1) is 10.6 Å². The van der Waals surface area contributed by atoms with Crippen LogP contribution >= 0.6 is 0 Å². The summed E-state index contributed by atoms with van der Waals surface area (Å²) in [5, 5.41) is 2.77. The van der Waals surface area contributed by atoms with Crippen molar-refractivity contribution < 1.29 is 16.8 Å². The monoisotopic (exact) mass is 334 g/mol. The van der Waals surface area contributed by atoms with Crippen molar-refractivity contribution in [1.82, 2.24) is 4.72 Å². The number of sulfonamides is 1. The van der Waals surface area contributed by atoms with Crippen LogP contribution in [0.5, 0.6) is 0 Å². The lowest BCUT2D eigenvalue weighted by Gasteiger charge is -2.14. The number of sulfone groups is 1. The van der Waals surface area contributed by atoms with Crippen LogP contribution in [-0.2, 0) is 19.9 Å². The number of nitrogens with one attached hydrogen (secondary N) is 2. The Kier molecular flexibility index (Phi) is 5.77. The van der Waals surface area contributed by atoms with E-state index in [-0.39, 0.29) is 15.7 Å². The van der Waals surface area contributed by atoms with E-state index < -0.39 is 19.9 Å². The van der Waals surface area contributed by atoms with E-state index in [0.29, 0.717) is 12.2 Å². The molecule has 1 unspecified atom stereocenters. The van der Waals surface area contributed by atoms with Gasteiger partial charge in [0.2, 0.25) is 10.0 Å². The fraction of sp³-hybridized carbons (Fsp3) is 0.538. The minimum Gasteiger partial charge on any atom is -0.387 e. The van der Waals surface area contributed by atoms with E-state index in [1.807, 2.05) is 13.8 Å². The van der Waals surface area contributed by atoms with Crippen molar-refractivity contribution in [3.63, 3.8) is 0 Å². The molecule has 0 spiro atoms. The molecule has 8 heteroatoms. The van der Waals surface area contributed by atoms with Crippen molar-refractivity contribution in [1.29, 1.82) is 0 Å². The summed E-state index contributed by atoms with van der Waals surface area (Å²) < 4.78 is 50.4. The molecule has 120 valence electrons. The Bertz CT molecular complexity index is 697. The molecule has 21 heavy (non-hydrogen) atoms. The fourth-order valence-electron chi connectivity index (χ4n) is 1.64. The van der Waals surface area contributed by atoms with E-state index in [9.17, 15) is 16.8 Å². The van der Waals surface area contributed by atoms with Gasteiger partial charge in [0.25, 0.3) is 0 Å². The van der Waals surface area contributed by atoms with Crippen molar-refractivity contribution in [2.75, 3.05) is 25.2 Å². The predicted octanol–water partition coefficient (Wildman–Crippen LogP) is 1.46. The predicted molar refractivity (Wildman–Crippen MR) is 83.7 cm³/mol. The van der Waals surface area contributed by atoms with Gasteiger partial charge in [0.15, 0.2) is 9.84 Å². The minimum atomic E-state index is -3.77. The number of hydrogen-bond donors (Lipinski definition) is 2. The maximum absolute atomic E-state index is 12.4. The van der Waals surface area contributed by atoms with Crippen LogP contribution in [0.1, 0.15) is 20.3 Å². The lowest BCUT2D eigenvalue weighted by molar-refractivity contribution is 0.528. The second-order valence-electron chi connectivity index (χ2n) is 5.05. The molecular formula is C13H22N2O4S2. The van der Waals surface area contributed by atoms with E-state index in [4.69, 9.17) is 0 Å². The first-order chi connectivity index (χ1) is 9.61. The second kappa shape index (κ2) is 6.76. The van der Waals surface area contributed by atoms with Crippen LogP contribution in [0.15, 0.2) is 28.0 Å². The molecule has 2 N–H and O–H groups in total. The smallest absolute Gasteiger partial charge is 0.242 e. The van der Waals surface area contributed by atoms with Gasteiger partial charge in [-0.1, -0.05) is 20.3 Å². The molecule has 0 saturated carbocycles. The third-order valence-electron chi connectivity index (χ3n) is 3.26. The topological polar surface area (TPSA) is 92.3 Å². The largest absolute Gasteiger partial charge is 0.387 e. The molecule has 0 bridgehead atoms. The van der Waals surface area contributed by atoms with Crippen LogP contribution in [0.2, 0.25) is 0 Å². The van der Waals surface area contributed by atoms with E-state index in [1.54, 1.807) is 7.05 Å². The summed E-state index contributed by atoms with van der Waals surface area (Å²) in [7, 11) is -5.65. The van der Waals surface area contributed by atoms with Gasteiger partial charge in [-0.15, -0.1) is 0 Å². The zero-order chi connectivity index (χ0) is 16.3. The summed E-state index contributed by atoms with van der Waals surface area (Å²) in [6.45, 7) is 4.22. The Labute approximate surface area is 126 Å². The lowest BCUT2D eigenvalue weighted by atomic mass is 10.1. The molecule has 1 aromatic carbocycles. The molecule has 0 amide bonds. The lowest BCUT2D eigenvalue weighted by Crippen LogP contribution is -2.29. The molecule has 1 atom stereocenters. The van der Waals surface area contributed by atoms with Crippen LogP contribution in [0, 0.1) is 5.92 Å². The van der Waals surface area contributed by atoms with Crippen molar-refractivity contribution in [3.8, 4) is 0 Å². The van der Waals surface area contributed by atoms with Gasteiger partial charge in [-0.05, 0) is 24.1 Å². The van der Waals surface area contributed by atoms with Crippen LogP contribution in [0.3, 0.4) is 0 Å². The molecule has 1 aromatic rings. The Morgan fingerprint density at radius 2 is 1.81 bits per heavy atom. The first-order valence-corrected chi connectivity index (χ1v) is 10.0. The summed E-state index contributed by atoms with van der Waals surface area (Å²) in [6, 6.07) is 4.02. The van der Waals surface area contributed by atoms with Gasteiger partial charge in [-0.2, -0.15) is 0 Å². The molecule has 0 aromatic heterocycles. The highest BCUT2D eigenvalue weighted by Gasteiger charge is 2.21. The molecule has 6 nitrogen and oxygen atoms in total. The highest BCUT2D eigenvalue weighted by atomic mass is 32.2. The zero-order valence-corrected chi connectivity index (χ0v) is 14.3. The second-order valence-corrected chi connectivity index (χ2v) is 8.80. The SMILES string of the molecule is CCC(C)CNS(=O)(=O)c1cc(S(C)(=O)=O)ccc1NC. The Morgan fingerprint density at radius 1 is 1.19 bits per heavy atom. The third-order valence-corrected chi connectivity index (χ3v) is 5.83. The maximum Gasteiger partial charge on any atom is 0.242 e. The van der Waals surface area contributed by atoms with E-state index in [1.165, 1.54) is 18.2 Å². The highest BCUT2D eigenvalue weighted by molar-refractivity contribution is 7.91. The molecule has 0 heterocycles. The quantitative estimate of drug-likeness (QED) is 0.787. The van der Waals surface area contributed by atoms with Crippen molar-refractivity contribution in [2.24, 2.45) is 5.92 Å². The first kappa shape index (κ1) is 17.9. The summed E-state index contributed by atoms with van der Waals surface area (Å²) in [5.41, 5.74) is 0.360. The molecule has 0 fully saturated rings. The van der Waals surface area contributed by atoms with Gasteiger partial charge in [0.1, 0.15) is 4.90 Å². The summed E-state index contributed by atoms with van der Waals surface area (Å²) in [4.78, 5) is -0.0818. The number of rotatable bonds is 7. The zero-order valence-electron chi connectivity index (χ0n) is 12.7. The Morgan fingerprint density at radius 3 is 2.29 bits per heavy atom. The number of hydrogen-bond acceptors (Lipinski definition) is 5. The third kappa shape index (κ3) is 4.69. The first-order valence-electron chi connectivity index (χ1n) is 6.63. The van der Waals surface area contributed by atoms with Gasteiger partial charge in [-0.25, -0.2) is 21.6 Å². The van der Waals surface area contributed by atoms with Crippen LogP contribution in [0.25, 0.3) is 0 Å². The van der Waals surface area contributed by atoms with Gasteiger partial charge < -0.3 is 5.32 Å². The number of anilines is 1. The van der Waals surface area contributed by atoms with E-state index >= 15 is 0 Å². The van der Waals surface area contributed by atoms with Crippen LogP contribution < -0.4 is 10.0 Å². The summed E-state index contributed by atoms with van der Waals surface area (Å²) >= 11 is 0. The minimum absolute atomic E-state index is 0.0228. The standard InChI is InChI=1S/C13H22N2O4S2/c1-5-10(2)9-15-21(18,19)13-8-11(20(4,16)17)6-7-12(13)14-3/h6-8,10,14-15H,5,9H2,1-4H3. The molecule has 0 aliphatic rings. The average Bonchev–Trinajstić information content (AvgIpc) is 2.43.